The SMILES string of the molecule is O=C1NCC(c2ccccc2)C(=O)N1c1ccccc1Cl. The number of para-hydroxylation sites is 1. The molecule has 1 unspecified atom stereocenters. The first kappa shape index (κ1) is 13.6. The molecule has 4 nitrogen and oxygen atoms in total. The Morgan fingerprint density at radius 1 is 1.00 bits per heavy atom. The second kappa shape index (κ2) is 5.58. The van der Waals surface area contributed by atoms with Crippen molar-refractivity contribution in [3.05, 3.63) is 65.2 Å². The van der Waals surface area contributed by atoms with Crippen LogP contribution in [0.25, 0.3) is 0 Å². The van der Waals surface area contributed by atoms with Gasteiger partial charge in [-0.05, 0) is 17.7 Å². The Balaban J connectivity index is 1.99. The highest BCUT2D eigenvalue weighted by atomic mass is 35.5. The largest absolute Gasteiger partial charge is 0.336 e. The molecular formula is C16H13ClN2O2. The summed E-state index contributed by atoms with van der Waals surface area (Å²) in [4.78, 5) is 25.9. The smallest absolute Gasteiger partial charge is 0.328 e. The predicted molar refractivity (Wildman–Crippen MR) is 81.5 cm³/mol. The lowest BCUT2D eigenvalue weighted by molar-refractivity contribution is -0.119. The average molecular weight is 301 g/mol. The van der Waals surface area contributed by atoms with Gasteiger partial charge in [0.15, 0.2) is 0 Å². The number of nitrogens with one attached hydrogen (secondary N) is 1. The lowest BCUT2D eigenvalue weighted by Crippen LogP contribution is -2.54. The summed E-state index contributed by atoms with van der Waals surface area (Å²) in [7, 11) is 0. The van der Waals surface area contributed by atoms with Gasteiger partial charge in [0, 0.05) is 6.54 Å². The fourth-order valence-electron chi connectivity index (χ4n) is 2.42. The topological polar surface area (TPSA) is 49.4 Å². The van der Waals surface area contributed by atoms with E-state index in [9.17, 15) is 9.59 Å². The molecule has 1 atom stereocenters. The molecule has 0 aliphatic carbocycles. The number of halogens is 1. The van der Waals surface area contributed by atoms with Crippen molar-refractivity contribution in [2.45, 2.75) is 5.92 Å². The Labute approximate surface area is 127 Å². The van der Waals surface area contributed by atoms with Crippen LogP contribution < -0.4 is 10.2 Å². The Morgan fingerprint density at radius 2 is 1.67 bits per heavy atom. The standard InChI is InChI=1S/C16H13ClN2O2/c17-13-8-4-5-9-14(13)19-15(20)12(10-18-16(19)21)11-6-2-1-3-7-11/h1-9,12H,10H2,(H,18,21). The number of hydrogen-bond donors (Lipinski definition) is 1. The van der Waals surface area contributed by atoms with Crippen LogP contribution in [0.4, 0.5) is 10.5 Å². The summed E-state index contributed by atoms with van der Waals surface area (Å²) in [5, 5.41) is 3.11. The maximum Gasteiger partial charge on any atom is 0.328 e. The van der Waals surface area contributed by atoms with Crippen molar-refractivity contribution in [3.8, 4) is 0 Å². The zero-order valence-corrected chi connectivity index (χ0v) is 11.9. The van der Waals surface area contributed by atoms with Gasteiger partial charge in [0.25, 0.3) is 0 Å². The fraction of sp³-hybridized carbons (Fsp3) is 0.125. The molecule has 1 aliphatic rings. The number of imide groups is 1. The van der Waals surface area contributed by atoms with Crippen molar-refractivity contribution in [2.24, 2.45) is 0 Å². The minimum Gasteiger partial charge on any atom is -0.336 e. The monoisotopic (exact) mass is 300 g/mol. The van der Waals surface area contributed by atoms with Crippen molar-refractivity contribution in [2.75, 3.05) is 11.4 Å². The zero-order chi connectivity index (χ0) is 14.8. The van der Waals surface area contributed by atoms with E-state index in [1.54, 1.807) is 24.3 Å². The molecule has 3 rings (SSSR count). The van der Waals surface area contributed by atoms with Gasteiger partial charge < -0.3 is 5.32 Å². The summed E-state index contributed by atoms with van der Waals surface area (Å²) in [5.74, 6) is -0.668. The van der Waals surface area contributed by atoms with Crippen molar-refractivity contribution in [3.63, 3.8) is 0 Å². The number of rotatable bonds is 2. The molecule has 0 saturated carbocycles. The van der Waals surface area contributed by atoms with Crippen LogP contribution in [0.3, 0.4) is 0 Å². The van der Waals surface area contributed by atoms with E-state index in [0.717, 1.165) is 10.5 Å². The van der Waals surface area contributed by atoms with Crippen LogP contribution in [0.1, 0.15) is 11.5 Å². The molecule has 3 amide bonds. The molecule has 2 aromatic rings. The maximum absolute atomic E-state index is 12.7. The van der Waals surface area contributed by atoms with Crippen molar-refractivity contribution >= 4 is 29.2 Å². The van der Waals surface area contributed by atoms with Crippen LogP contribution in [0.2, 0.25) is 5.02 Å². The quantitative estimate of drug-likeness (QED) is 0.926. The van der Waals surface area contributed by atoms with Crippen molar-refractivity contribution in [1.29, 1.82) is 0 Å². The number of urea groups is 1. The summed E-state index contributed by atoms with van der Waals surface area (Å²) in [6.07, 6.45) is 0. The zero-order valence-electron chi connectivity index (χ0n) is 11.1. The van der Waals surface area contributed by atoms with E-state index in [2.05, 4.69) is 5.32 Å². The first-order chi connectivity index (χ1) is 10.2. The average Bonchev–Trinajstić information content (AvgIpc) is 2.50. The van der Waals surface area contributed by atoms with Crippen LogP contribution in [-0.4, -0.2) is 18.5 Å². The molecule has 0 spiro atoms. The van der Waals surface area contributed by atoms with E-state index in [-0.39, 0.29) is 5.91 Å². The highest BCUT2D eigenvalue weighted by Crippen LogP contribution is 2.30. The molecule has 0 aromatic heterocycles. The highest BCUT2D eigenvalue weighted by molar-refractivity contribution is 6.35. The van der Waals surface area contributed by atoms with Crippen molar-refractivity contribution in [1.82, 2.24) is 5.32 Å². The number of hydrogen-bond acceptors (Lipinski definition) is 2. The Hall–Kier alpha value is -2.33. The predicted octanol–water partition coefficient (Wildman–Crippen LogP) is 3.18. The Bertz CT molecular complexity index is 688. The summed E-state index contributed by atoms with van der Waals surface area (Å²) in [5.41, 5.74) is 1.28. The van der Waals surface area contributed by atoms with Gasteiger partial charge in [-0.15, -0.1) is 0 Å². The van der Waals surface area contributed by atoms with Crippen LogP contribution in [-0.2, 0) is 4.79 Å². The second-order valence-electron chi connectivity index (χ2n) is 4.77. The molecule has 2 aromatic carbocycles. The molecule has 0 radical (unpaired) electrons. The number of carbonyl (C=O) groups is 2. The third-order valence-corrected chi connectivity index (χ3v) is 3.79. The molecule has 5 heteroatoms. The van der Waals surface area contributed by atoms with E-state index in [0.29, 0.717) is 17.3 Å². The molecule has 1 fully saturated rings. The lowest BCUT2D eigenvalue weighted by Gasteiger charge is -2.32. The Morgan fingerprint density at radius 3 is 2.38 bits per heavy atom. The van der Waals surface area contributed by atoms with Crippen LogP contribution >= 0.6 is 11.6 Å². The first-order valence-corrected chi connectivity index (χ1v) is 6.97. The molecule has 0 bridgehead atoms. The summed E-state index contributed by atoms with van der Waals surface area (Å²) in [6, 6.07) is 15.8. The number of carbonyl (C=O) groups excluding carboxylic acids is 2. The molecular weight excluding hydrogens is 288 g/mol. The van der Waals surface area contributed by atoms with E-state index < -0.39 is 11.9 Å². The highest BCUT2D eigenvalue weighted by Gasteiger charge is 2.36. The molecule has 106 valence electrons. The summed E-state index contributed by atoms with van der Waals surface area (Å²) >= 11 is 6.11. The van der Waals surface area contributed by atoms with Crippen LogP contribution in [0, 0.1) is 0 Å². The molecule has 1 saturated heterocycles. The minimum atomic E-state index is -0.444. The van der Waals surface area contributed by atoms with Crippen molar-refractivity contribution < 1.29 is 9.59 Å². The van der Waals surface area contributed by atoms with Gasteiger partial charge in [0.1, 0.15) is 0 Å². The van der Waals surface area contributed by atoms with Crippen LogP contribution in [0.5, 0.6) is 0 Å². The van der Waals surface area contributed by atoms with Gasteiger partial charge >= 0.3 is 6.03 Å². The third kappa shape index (κ3) is 2.50. The molecule has 1 N–H and O–H groups in total. The summed E-state index contributed by atoms with van der Waals surface area (Å²) < 4.78 is 0. The van der Waals surface area contributed by atoms with E-state index in [1.165, 1.54) is 0 Å². The summed E-state index contributed by atoms with van der Waals surface area (Å²) in [6.45, 7) is 0.294. The third-order valence-electron chi connectivity index (χ3n) is 3.47. The van der Waals surface area contributed by atoms with E-state index in [1.807, 2.05) is 30.3 Å². The van der Waals surface area contributed by atoms with Gasteiger partial charge in [0.05, 0.1) is 16.6 Å². The fourth-order valence-corrected chi connectivity index (χ4v) is 2.64. The number of benzene rings is 2. The number of amides is 3. The van der Waals surface area contributed by atoms with Crippen LogP contribution in [0.15, 0.2) is 54.6 Å². The molecule has 1 aliphatic heterocycles. The normalized spacial score (nSPS) is 18.5. The van der Waals surface area contributed by atoms with E-state index >= 15 is 0 Å². The van der Waals surface area contributed by atoms with Gasteiger partial charge in [-0.2, -0.15) is 0 Å². The van der Waals surface area contributed by atoms with Gasteiger partial charge in [-0.25, -0.2) is 9.69 Å². The maximum atomic E-state index is 12.7. The lowest BCUT2D eigenvalue weighted by atomic mass is 9.96. The number of anilines is 1. The molecule has 1 heterocycles. The first-order valence-electron chi connectivity index (χ1n) is 6.60. The van der Waals surface area contributed by atoms with Gasteiger partial charge in [0.2, 0.25) is 5.91 Å². The Kier molecular flexibility index (Phi) is 3.62. The van der Waals surface area contributed by atoms with Gasteiger partial charge in [-0.3, -0.25) is 4.79 Å². The minimum absolute atomic E-state index is 0.266. The second-order valence-corrected chi connectivity index (χ2v) is 5.18. The molecule has 21 heavy (non-hydrogen) atoms. The number of nitrogens with zero attached hydrogens (tertiary/aromatic N) is 1. The van der Waals surface area contributed by atoms with E-state index in [4.69, 9.17) is 11.6 Å². The van der Waals surface area contributed by atoms with Gasteiger partial charge in [-0.1, -0.05) is 54.1 Å².